The lowest BCUT2D eigenvalue weighted by Gasteiger charge is -2.28. The molecule has 32 heavy (non-hydrogen) atoms. The monoisotopic (exact) mass is 429 g/mol. The third kappa shape index (κ3) is 3.39. The highest BCUT2D eigenvalue weighted by Gasteiger charge is 2.48. The number of carbonyl (C=O) groups excluding carboxylic acids is 2. The van der Waals surface area contributed by atoms with Crippen molar-refractivity contribution in [3.63, 3.8) is 0 Å². The number of nitro groups is 1. The number of carbonyl (C=O) groups is 2. The highest BCUT2D eigenvalue weighted by atomic mass is 16.6. The Bertz CT molecular complexity index is 1130. The second-order valence-corrected chi connectivity index (χ2v) is 8.39. The van der Waals surface area contributed by atoms with Crippen molar-refractivity contribution in [2.45, 2.75) is 19.3 Å². The minimum absolute atomic E-state index is 0.0901. The number of nitrogens with zero attached hydrogens (tertiary/aromatic N) is 3. The number of imide groups is 1. The topological polar surface area (TPSA) is 83.8 Å². The molecule has 2 atom stereocenters. The van der Waals surface area contributed by atoms with Crippen LogP contribution in [0.3, 0.4) is 0 Å². The quantitative estimate of drug-likeness (QED) is 0.312. The Kier molecular flexibility index (Phi) is 5.09. The van der Waals surface area contributed by atoms with Crippen molar-refractivity contribution >= 4 is 34.4 Å². The molecule has 2 aliphatic heterocycles. The van der Waals surface area contributed by atoms with Gasteiger partial charge in [0, 0.05) is 19.2 Å². The molecule has 2 aromatic rings. The zero-order valence-electron chi connectivity index (χ0n) is 17.5. The summed E-state index contributed by atoms with van der Waals surface area (Å²) in [7, 11) is 0. The van der Waals surface area contributed by atoms with E-state index in [9.17, 15) is 19.7 Å². The number of hydrogen-bond donors (Lipinski definition) is 0. The van der Waals surface area contributed by atoms with E-state index in [1.54, 1.807) is 12.1 Å². The van der Waals surface area contributed by atoms with E-state index in [2.05, 4.69) is 18.2 Å². The van der Waals surface area contributed by atoms with E-state index in [0.29, 0.717) is 31.6 Å². The Morgan fingerprint density at radius 3 is 2.22 bits per heavy atom. The summed E-state index contributed by atoms with van der Waals surface area (Å²) in [6, 6.07) is 14.8. The van der Waals surface area contributed by atoms with Gasteiger partial charge in [0.15, 0.2) is 0 Å². The summed E-state index contributed by atoms with van der Waals surface area (Å²) >= 11 is 0. The number of benzene rings is 2. The fourth-order valence-electron chi connectivity index (χ4n) is 4.92. The molecule has 3 aliphatic rings. The third-order valence-electron chi connectivity index (χ3n) is 6.62. The molecule has 0 bridgehead atoms. The summed E-state index contributed by atoms with van der Waals surface area (Å²) < 4.78 is 0. The van der Waals surface area contributed by atoms with E-state index >= 15 is 0 Å². The van der Waals surface area contributed by atoms with Crippen molar-refractivity contribution in [2.75, 3.05) is 22.9 Å². The number of rotatable bonds is 4. The summed E-state index contributed by atoms with van der Waals surface area (Å²) in [6.07, 6.45) is 7.81. The molecule has 0 radical (unpaired) electrons. The van der Waals surface area contributed by atoms with Gasteiger partial charge in [-0.05, 0) is 42.5 Å². The van der Waals surface area contributed by atoms with Crippen molar-refractivity contribution < 1.29 is 14.5 Å². The normalized spacial score (nSPS) is 22.7. The molecule has 1 fully saturated rings. The van der Waals surface area contributed by atoms with Crippen LogP contribution in [-0.4, -0.2) is 29.8 Å². The summed E-state index contributed by atoms with van der Waals surface area (Å²) in [5.41, 5.74) is 3.08. The molecule has 0 unspecified atom stereocenters. The van der Waals surface area contributed by atoms with Gasteiger partial charge in [-0.2, -0.15) is 0 Å². The lowest BCUT2D eigenvalue weighted by molar-refractivity contribution is -0.384. The van der Waals surface area contributed by atoms with Crippen LogP contribution in [0.4, 0.5) is 17.1 Å². The molecule has 7 heteroatoms. The number of allylic oxidation sites excluding steroid dienone is 2. The fourth-order valence-corrected chi connectivity index (χ4v) is 4.92. The predicted octanol–water partition coefficient (Wildman–Crippen LogP) is 4.34. The summed E-state index contributed by atoms with van der Waals surface area (Å²) in [5.74, 6) is -1.26. The predicted molar refractivity (Wildman–Crippen MR) is 122 cm³/mol. The Morgan fingerprint density at radius 1 is 0.938 bits per heavy atom. The summed E-state index contributed by atoms with van der Waals surface area (Å²) in [4.78, 5) is 40.3. The van der Waals surface area contributed by atoms with Gasteiger partial charge in [0.1, 0.15) is 5.69 Å². The zero-order chi connectivity index (χ0) is 22.2. The van der Waals surface area contributed by atoms with Crippen LogP contribution in [0.15, 0.2) is 66.8 Å². The maximum atomic E-state index is 12.9. The van der Waals surface area contributed by atoms with Gasteiger partial charge in [-0.3, -0.25) is 19.7 Å². The first-order valence-electron chi connectivity index (χ1n) is 10.9. The minimum Gasteiger partial charge on any atom is -0.362 e. The molecule has 0 N–H and O–H groups in total. The SMILES string of the molecule is O=C1[C@@H]2CC=CC[C@H]2C(=O)N1c1ccc(N2CC=C(c3ccccc3)CC2)c([N+](=O)[O-])c1. The van der Waals surface area contributed by atoms with Crippen LogP contribution in [0, 0.1) is 22.0 Å². The lowest BCUT2D eigenvalue weighted by Crippen LogP contribution is -2.31. The third-order valence-corrected chi connectivity index (χ3v) is 6.62. The lowest BCUT2D eigenvalue weighted by atomic mass is 9.85. The first-order valence-corrected chi connectivity index (χ1v) is 10.9. The van der Waals surface area contributed by atoms with Gasteiger partial charge in [0.05, 0.1) is 22.4 Å². The smallest absolute Gasteiger partial charge is 0.294 e. The van der Waals surface area contributed by atoms with Gasteiger partial charge in [-0.25, -0.2) is 4.90 Å². The van der Waals surface area contributed by atoms with Gasteiger partial charge in [-0.1, -0.05) is 48.6 Å². The molecular weight excluding hydrogens is 406 g/mol. The standard InChI is InChI=1S/C25H23N3O4/c29-24-20-8-4-5-9-21(20)25(30)27(24)19-10-11-22(23(16-19)28(31)32)26-14-12-18(13-15-26)17-6-2-1-3-7-17/h1-7,10-12,16,20-21H,8-9,13-15H2/t20-,21-/m1/s1. The van der Waals surface area contributed by atoms with Crippen LogP contribution in [-0.2, 0) is 9.59 Å². The molecule has 0 aromatic heterocycles. The second kappa shape index (κ2) is 8.07. The van der Waals surface area contributed by atoms with E-state index in [1.165, 1.54) is 17.2 Å². The van der Waals surface area contributed by atoms with Crippen molar-refractivity contribution in [3.8, 4) is 0 Å². The first-order chi connectivity index (χ1) is 15.5. The molecule has 0 saturated carbocycles. The van der Waals surface area contributed by atoms with E-state index in [4.69, 9.17) is 0 Å². The number of anilines is 2. The molecule has 1 aliphatic carbocycles. The zero-order valence-corrected chi connectivity index (χ0v) is 17.5. The summed E-state index contributed by atoms with van der Waals surface area (Å²) in [5, 5.41) is 11.9. The molecular formula is C25H23N3O4. The van der Waals surface area contributed by atoms with Crippen LogP contribution in [0.2, 0.25) is 0 Å². The maximum absolute atomic E-state index is 12.9. The molecule has 1 saturated heterocycles. The molecule has 2 aromatic carbocycles. The van der Waals surface area contributed by atoms with Crippen LogP contribution in [0.5, 0.6) is 0 Å². The average Bonchev–Trinajstić information content (AvgIpc) is 3.09. The van der Waals surface area contributed by atoms with Crippen LogP contribution in [0.25, 0.3) is 5.57 Å². The van der Waals surface area contributed by atoms with Crippen LogP contribution < -0.4 is 9.80 Å². The number of fused-ring (bicyclic) bond motifs is 1. The average molecular weight is 429 g/mol. The molecule has 2 heterocycles. The highest BCUT2D eigenvalue weighted by Crippen LogP contribution is 2.40. The minimum atomic E-state index is -0.436. The Labute approximate surface area is 185 Å². The van der Waals surface area contributed by atoms with Gasteiger partial charge in [-0.15, -0.1) is 0 Å². The van der Waals surface area contributed by atoms with E-state index in [0.717, 1.165) is 11.3 Å². The molecule has 7 nitrogen and oxygen atoms in total. The van der Waals surface area contributed by atoms with Gasteiger partial charge >= 0.3 is 0 Å². The maximum Gasteiger partial charge on any atom is 0.294 e. The van der Waals surface area contributed by atoms with Gasteiger partial charge < -0.3 is 4.90 Å². The van der Waals surface area contributed by atoms with Crippen molar-refractivity contribution in [2.24, 2.45) is 11.8 Å². The van der Waals surface area contributed by atoms with E-state index in [-0.39, 0.29) is 35.0 Å². The van der Waals surface area contributed by atoms with Crippen LogP contribution >= 0.6 is 0 Å². The van der Waals surface area contributed by atoms with Crippen molar-refractivity contribution in [3.05, 3.63) is 82.4 Å². The Balaban J connectivity index is 1.42. The highest BCUT2D eigenvalue weighted by molar-refractivity contribution is 6.22. The van der Waals surface area contributed by atoms with Gasteiger partial charge in [0.25, 0.3) is 5.69 Å². The summed E-state index contributed by atoms with van der Waals surface area (Å²) in [6.45, 7) is 1.21. The number of amides is 2. The van der Waals surface area contributed by atoms with Crippen LogP contribution in [0.1, 0.15) is 24.8 Å². The van der Waals surface area contributed by atoms with Crippen molar-refractivity contribution in [1.29, 1.82) is 0 Å². The Morgan fingerprint density at radius 2 is 1.62 bits per heavy atom. The largest absolute Gasteiger partial charge is 0.362 e. The molecule has 162 valence electrons. The molecule has 0 spiro atoms. The molecule has 2 amide bonds. The van der Waals surface area contributed by atoms with Crippen molar-refractivity contribution in [1.82, 2.24) is 0 Å². The van der Waals surface area contributed by atoms with E-state index < -0.39 is 4.92 Å². The first kappa shape index (κ1) is 20.2. The molecule has 5 rings (SSSR count). The fraction of sp³-hybridized carbons (Fsp3) is 0.280. The van der Waals surface area contributed by atoms with E-state index in [1.807, 2.05) is 35.3 Å². The number of nitro benzene ring substituents is 1. The number of hydrogen-bond acceptors (Lipinski definition) is 5. The Hall–Kier alpha value is -3.74. The van der Waals surface area contributed by atoms with Gasteiger partial charge in [0.2, 0.25) is 11.8 Å². The second-order valence-electron chi connectivity index (χ2n) is 8.39.